The molecule has 0 aromatic heterocycles. The topological polar surface area (TPSA) is 53.2 Å². The maximum atomic E-state index is 8.80. The molecule has 3 nitrogen and oxygen atoms in total. The third-order valence-electron chi connectivity index (χ3n) is 2.11. The molecule has 0 unspecified atom stereocenters. The lowest BCUT2D eigenvalue weighted by Gasteiger charge is -2.08. The summed E-state index contributed by atoms with van der Waals surface area (Å²) in [5.74, 6) is 2.53. The minimum absolute atomic E-state index is 0.225. The summed E-state index contributed by atoms with van der Waals surface area (Å²) in [6.07, 6.45) is 0.797. The molecule has 0 aliphatic rings. The number of nitriles is 1. The van der Waals surface area contributed by atoms with Crippen LogP contribution >= 0.6 is 11.8 Å². The fourth-order valence-corrected chi connectivity index (χ4v) is 2.23. The highest BCUT2D eigenvalue weighted by atomic mass is 32.2. The highest BCUT2D eigenvalue weighted by Crippen LogP contribution is 2.24. The third-order valence-corrected chi connectivity index (χ3v) is 3.21. The van der Waals surface area contributed by atoms with Crippen LogP contribution in [-0.2, 0) is 5.75 Å². The molecule has 4 heteroatoms. The predicted octanol–water partition coefficient (Wildman–Crippen LogP) is 2.18. The van der Waals surface area contributed by atoms with Crippen LogP contribution in [0.3, 0.4) is 0 Å². The van der Waals surface area contributed by atoms with Gasteiger partial charge in [0.15, 0.2) is 0 Å². The molecular formula is C12H15NO2S. The third kappa shape index (κ3) is 3.76. The molecule has 1 N–H and O–H groups in total. The Kier molecular flexibility index (Phi) is 5.76. The number of benzene rings is 1. The molecule has 0 amide bonds. The van der Waals surface area contributed by atoms with E-state index in [0.29, 0.717) is 5.56 Å². The van der Waals surface area contributed by atoms with Crippen molar-refractivity contribution in [1.82, 2.24) is 0 Å². The number of hydrogen-bond donors (Lipinski definition) is 1. The Morgan fingerprint density at radius 1 is 1.50 bits per heavy atom. The van der Waals surface area contributed by atoms with Crippen molar-refractivity contribution < 1.29 is 9.84 Å². The van der Waals surface area contributed by atoms with Crippen molar-refractivity contribution in [3.63, 3.8) is 0 Å². The molecule has 0 fully saturated rings. The number of methoxy groups -OCH3 is 1. The van der Waals surface area contributed by atoms with Crippen molar-refractivity contribution in [2.24, 2.45) is 0 Å². The van der Waals surface area contributed by atoms with Crippen LogP contribution < -0.4 is 4.74 Å². The van der Waals surface area contributed by atoms with Gasteiger partial charge < -0.3 is 9.84 Å². The van der Waals surface area contributed by atoms with Crippen LogP contribution in [0.5, 0.6) is 5.75 Å². The van der Waals surface area contributed by atoms with Crippen LogP contribution in [0.2, 0.25) is 0 Å². The molecule has 0 saturated heterocycles. The summed E-state index contributed by atoms with van der Waals surface area (Å²) >= 11 is 1.73. The number of thioether (sulfide) groups is 1. The normalized spacial score (nSPS) is 9.81. The molecule has 16 heavy (non-hydrogen) atoms. The van der Waals surface area contributed by atoms with Crippen molar-refractivity contribution in [3.8, 4) is 11.8 Å². The molecule has 1 aromatic carbocycles. The highest BCUT2D eigenvalue weighted by Gasteiger charge is 2.04. The quantitative estimate of drug-likeness (QED) is 0.770. The fraction of sp³-hybridized carbons (Fsp3) is 0.417. The molecule has 1 rings (SSSR count). The average molecular weight is 237 g/mol. The second-order valence-electron chi connectivity index (χ2n) is 3.27. The highest BCUT2D eigenvalue weighted by molar-refractivity contribution is 7.98. The van der Waals surface area contributed by atoms with Gasteiger partial charge in [-0.3, -0.25) is 0 Å². The first-order valence-corrected chi connectivity index (χ1v) is 6.23. The maximum Gasteiger partial charge on any atom is 0.122 e. The van der Waals surface area contributed by atoms with Crippen LogP contribution in [-0.4, -0.2) is 24.6 Å². The zero-order valence-electron chi connectivity index (χ0n) is 9.27. The number of rotatable bonds is 6. The first-order valence-electron chi connectivity index (χ1n) is 5.07. The van der Waals surface area contributed by atoms with E-state index in [4.69, 9.17) is 15.1 Å². The van der Waals surface area contributed by atoms with Gasteiger partial charge in [-0.05, 0) is 30.4 Å². The lowest BCUT2D eigenvalue weighted by atomic mass is 10.1. The average Bonchev–Trinajstić information content (AvgIpc) is 2.34. The first kappa shape index (κ1) is 12.9. The van der Waals surface area contributed by atoms with Gasteiger partial charge in [-0.2, -0.15) is 17.0 Å². The largest absolute Gasteiger partial charge is 0.496 e. The Bertz CT molecular complexity index is 374. The first-order chi connectivity index (χ1) is 7.81. The van der Waals surface area contributed by atoms with E-state index in [-0.39, 0.29) is 6.61 Å². The molecular weight excluding hydrogens is 222 g/mol. The van der Waals surface area contributed by atoms with Crippen molar-refractivity contribution in [2.75, 3.05) is 19.5 Å². The Balaban J connectivity index is 2.65. The van der Waals surface area contributed by atoms with Crippen LogP contribution in [0.25, 0.3) is 0 Å². The SMILES string of the molecule is COc1ccc(C#N)cc1CSCCCO. The summed E-state index contributed by atoms with van der Waals surface area (Å²) in [7, 11) is 1.63. The molecule has 0 saturated carbocycles. The Labute approximate surface area is 100 Å². The molecule has 0 atom stereocenters. The van der Waals surface area contributed by atoms with E-state index in [1.165, 1.54) is 0 Å². The van der Waals surface area contributed by atoms with Gasteiger partial charge in [0.05, 0.1) is 18.7 Å². The fourth-order valence-electron chi connectivity index (χ4n) is 1.31. The van der Waals surface area contributed by atoms with E-state index in [1.54, 1.807) is 24.9 Å². The van der Waals surface area contributed by atoms with E-state index >= 15 is 0 Å². The lowest BCUT2D eigenvalue weighted by Crippen LogP contribution is -1.93. The number of ether oxygens (including phenoxy) is 1. The van der Waals surface area contributed by atoms with Crippen LogP contribution in [0.4, 0.5) is 0 Å². The predicted molar refractivity (Wildman–Crippen MR) is 65.6 cm³/mol. The van der Waals surface area contributed by atoms with Crippen molar-refractivity contribution in [2.45, 2.75) is 12.2 Å². The summed E-state index contributed by atoms with van der Waals surface area (Å²) < 4.78 is 5.23. The molecule has 0 bridgehead atoms. The molecule has 0 aliphatic heterocycles. The number of nitrogens with zero attached hydrogens (tertiary/aromatic N) is 1. The van der Waals surface area contributed by atoms with E-state index in [2.05, 4.69) is 6.07 Å². The lowest BCUT2D eigenvalue weighted by molar-refractivity contribution is 0.296. The van der Waals surface area contributed by atoms with Gasteiger partial charge in [-0.25, -0.2) is 0 Å². The van der Waals surface area contributed by atoms with Crippen LogP contribution in [0.15, 0.2) is 18.2 Å². The van der Waals surface area contributed by atoms with E-state index < -0.39 is 0 Å². The summed E-state index contributed by atoms with van der Waals surface area (Å²) in [5.41, 5.74) is 1.68. The number of hydrogen-bond acceptors (Lipinski definition) is 4. The van der Waals surface area contributed by atoms with Crippen molar-refractivity contribution >= 4 is 11.8 Å². The van der Waals surface area contributed by atoms with Gasteiger partial charge >= 0.3 is 0 Å². The zero-order valence-corrected chi connectivity index (χ0v) is 10.1. The van der Waals surface area contributed by atoms with E-state index in [9.17, 15) is 0 Å². The van der Waals surface area contributed by atoms with Gasteiger partial charge in [0.25, 0.3) is 0 Å². The minimum atomic E-state index is 0.225. The smallest absolute Gasteiger partial charge is 0.122 e. The number of aliphatic hydroxyl groups excluding tert-OH is 1. The minimum Gasteiger partial charge on any atom is -0.496 e. The van der Waals surface area contributed by atoms with E-state index in [0.717, 1.165) is 29.2 Å². The van der Waals surface area contributed by atoms with Gasteiger partial charge in [-0.1, -0.05) is 0 Å². The zero-order chi connectivity index (χ0) is 11.8. The molecule has 1 aromatic rings. The van der Waals surface area contributed by atoms with Gasteiger partial charge in [0, 0.05) is 17.9 Å². The Morgan fingerprint density at radius 3 is 2.94 bits per heavy atom. The second kappa shape index (κ2) is 7.15. The summed E-state index contributed by atoms with van der Waals surface area (Å²) in [6, 6.07) is 7.54. The molecule has 0 heterocycles. The molecule has 0 spiro atoms. The molecule has 86 valence electrons. The molecule has 0 radical (unpaired) electrons. The second-order valence-corrected chi connectivity index (χ2v) is 4.37. The standard InChI is InChI=1S/C12H15NO2S/c1-15-12-4-3-10(8-13)7-11(12)9-16-6-2-5-14/h3-4,7,14H,2,5-6,9H2,1H3. The summed E-state index contributed by atoms with van der Waals surface area (Å²) in [5, 5.41) is 17.5. The number of aliphatic hydroxyl groups is 1. The van der Waals surface area contributed by atoms with Crippen molar-refractivity contribution in [1.29, 1.82) is 5.26 Å². The summed E-state index contributed by atoms with van der Waals surface area (Å²) in [4.78, 5) is 0. The van der Waals surface area contributed by atoms with Gasteiger partial charge in [-0.15, -0.1) is 0 Å². The van der Waals surface area contributed by atoms with Gasteiger partial charge in [0.1, 0.15) is 5.75 Å². The van der Waals surface area contributed by atoms with Crippen LogP contribution in [0, 0.1) is 11.3 Å². The Morgan fingerprint density at radius 2 is 2.31 bits per heavy atom. The monoisotopic (exact) mass is 237 g/mol. The van der Waals surface area contributed by atoms with Crippen LogP contribution in [0.1, 0.15) is 17.5 Å². The maximum absolute atomic E-state index is 8.80. The summed E-state index contributed by atoms with van der Waals surface area (Å²) in [6.45, 7) is 0.225. The molecule has 0 aliphatic carbocycles. The van der Waals surface area contributed by atoms with Crippen molar-refractivity contribution in [3.05, 3.63) is 29.3 Å². The Hall–Kier alpha value is -1.18. The van der Waals surface area contributed by atoms with Gasteiger partial charge in [0.2, 0.25) is 0 Å². The van der Waals surface area contributed by atoms with E-state index in [1.807, 2.05) is 12.1 Å².